The van der Waals surface area contributed by atoms with Crippen molar-refractivity contribution in [1.82, 2.24) is 0 Å². The van der Waals surface area contributed by atoms with E-state index in [0.717, 1.165) is 47.2 Å². The van der Waals surface area contributed by atoms with Gasteiger partial charge in [0.2, 0.25) is 0 Å². The molecule has 5 nitrogen and oxygen atoms in total. The number of nitrogens with one attached hydrogen (secondary N) is 1. The molecule has 1 aliphatic heterocycles. The highest BCUT2D eigenvalue weighted by molar-refractivity contribution is 5.97. The van der Waals surface area contributed by atoms with Crippen molar-refractivity contribution in [2.45, 2.75) is 32.9 Å². The maximum absolute atomic E-state index is 13.1. The molecule has 0 aromatic heterocycles. The zero-order valence-corrected chi connectivity index (χ0v) is 16.6. The molecule has 1 amide bonds. The number of likely N-dealkylation sites (N-methyl/N-ethyl adjacent to an activating group) is 1. The smallest absolute Gasteiger partial charge is 0.284 e. The van der Waals surface area contributed by atoms with Crippen molar-refractivity contribution in [3.8, 4) is 11.5 Å². The van der Waals surface area contributed by atoms with E-state index in [1.807, 2.05) is 55.1 Å². The Labute approximate surface area is 161 Å². The third-order valence-electron chi connectivity index (χ3n) is 5.27. The lowest BCUT2D eigenvalue weighted by molar-refractivity contribution is -0.908. The largest absolute Gasteiger partial charge is 0.493 e. The van der Waals surface area contributed by atoms with E-state index in [1.165, 1.54) is 5.56 Å². The molecule has 0 aliphatic carbocycles. The van der Waals surface area contributed by atoms with Crippen molar-refractivity contribution in [2.75, 3.05) is 32.2 Å². The van der Waals surface area contributed by atoms with E-state index >= 15 is 0 Å². The van der Waals surface area contributed by atoms with Crippen molar-refractivity contribution in [1.29, 1.82) is 0 Å². The molecule has 0 radical (unpaired) electrons. The third kappa shape index (κ3) is 4.08. The molecule has 1 aliphatic rings. The molecule has 0 spiro atoms. The Morgan fingerprint density at radius 1 is 1.22 bits per heavy atom. The van der Waals surface area contributed by atoms with Crippen LogP contribution in [0.15, 0.2) is 42.5 Å². The number of hydrogen-bond donors (Lipinski definition) is 1. The van der Waals surface area contributed by atoms with E-state index in [-0.39, 0.29) is 11.9 Å². The zero-order chi connectivity index (χ0) is 19.4. The second-order valence-corrected chi connectivity index (χ2v) is 7.03. The number of amides is 1. The number of quaternary nitrogens is 1. The van der Waals surface area contributed by atoms with Crippen LogP contribution in [0.4, 0.5) is 5.69 Å². The van der Waals surface area contributed by atoms with E-state index in [2.05, 4.69) is 13.1 Å². The van der Waals surface area contributed by atoms with Gasteiger partial charge in [0.05, 0.1) is 20.8 Å². The molecule has 3 rings (SSSR count). The molecule has 27 heavy (non-hydrogen) atoms. The number of nitrogens with zero attached hydrogens (tertiary/aromatic N) is 1. The van der Waals surface area contributed by atoms with Crippen LogP contribution in [0.3, 0.4) is 0 Å². The fourth-order valence-electron chi connectivity index (χ4n) is 3.58. The molecule has 0 saturated heterocycles. The fraction of sp³-hybridized carbons (Fsp3) is 0.409. The second kappa shape index (κ2) is 8.44. The number of rotatable bonds is 7. The predicted molar refractivity (Wildman–Crippen MR) is 107 cm³/mol. The lowest BCUT2D eigenvalue weighted by Gasteiger charge is -2.26. The summed E-state index contributed by atoms with van der Waals surface area (Å²) in [6.07, 6.45) is 0.934. The van der Waals surface area contributed by atoms with E-state index in [9.17, 15) is 4.79 Å². The maximum atomic E-state index is 13.1. The van der Waals surface area contributed by atoms with Gasteiger partial charge in [-0.15, -0.1) is 0 Å². The first kappa shape index (κ1) is 19.2. The summed E-state index contributed by atoms with van der Waals surface area (Å²) in [5.41, 5.74) is 3.44. The molecule has 2 aromatic carbocycles. The van der Waals surface area contributed by atoms with Crippen LogP contribution in [-0.2, 0) is 17.8 Å². The lowest BCUT2D eigenvalue weighted by Crippen LogP contribution is -3.12. The highest BCUT2D eigenvalue weighted by atomic mass is 16.5. The van der Waals surface area contributed by atoms with Crippen molar-refractivity contribution in [3.05, 3.63) is 53.6 Å². The third-order valence-corrected chi connectivity index (χ3v) is 5.27. The van der Waals surface area contributed by atoms with Crippen molar-refractivity contribution >= 4 is 11.6 Å². The summed E-state index contributed by atoms with van der Waals surface area (Å²) < 4.78 is 11.0. The molecular formula is C22H29N2O3+. The SMILES string of the molecule is CCOc1ccc(C[NH+](C)[C@@H](C)C(=O)N2CCc3ccccc32)cc1OC. The van der Waals surface area contributed by atoms with Gasteiger partial charge in [-0.05, 0) is 50.1 Å². The maximum Gasteiger partial charge on any atom is 0.284 e. The van der Waals surface area contributed by atoms with Gasteiger partial charge in [0, 0.05) is 17.8 Å². The summed E-state index contributed by atoms with van der Waals surface area (Å²) in [6.45, 7) is 6.07. The van der Waals surface area contributed by atoms with E-state index in [1.54, 1.807) is 7.11 Å². The summed E-state index contributed by atoms with van der Waals surface area (Å²) in [6, 6.07) is 14.0. The second-order valence-electron chi connectivity index (χ2n) is 7.03. The number of anilines is 1. The Balaban J connectivity index is 1.69. The highest BCUT2D eigenvalue weighted by Crippen LogP contribution is 2.29. The van der Waals surface area contributed by atoms with Gasteiger partial charge in [-0.1, -0.05) is 18.2 Å². The summed E-state index contributed by atoms with van der Waals surface area (Å²) >= 11 is 0. The first-order valence-electron chi connectivity index (χ1n) is 9.56. The van der Waals surface area contributed by atoms with E-state index in [4.69, 9.17) is 9.47 Å². The number of benzene rings is 2. The van der Waals surface area contributed by atoms with Crippen LogP contribution in [0, 0.1) is 0 Å². The van der Waals surface area contributed by atoms with E-state index < -0.39 is 0 Å². The van der Waals surface area contributed by atoms with Crippen LogP contribution in [0.1, 0.15) is 25.0 Å². The standard InChI is InChI=1S/C22H28N2O3/c1-5-27-20-11-10-17(14-21(20)26-4)15-23(3)16(2)22(25)24-13-12-18-8-6-7-9-19(18)24/h6-11,14,16H,5,12-13,15H2,1-4H3/p+1/t16-/m0/s1. The van der Waals surface area contributed by atoms with Gasteiger partial charge in [-0.25, -0.2) is 0 Å². The molecule has 2 aromatic rings. The normalized spacial score (nSPS) is 15.2. The minimum atomic E-state index is -0.131. The van der Waals surface area contributed by atoms with Crippen LogP contribution < -0.4 is 19.3 Å². The first-order chi connectivity index (χ1) is 13.0. The molecule has 1 heterocycles. The van der Waals surface area contributed by atoms with Crippen LogP contribution in [-0.4, -0.2) is 39.3 Å². The van der Waals surface area contributed by atoms with Crippen molar-refractivity contribution in [3.63, 3.8) is 0 Å². The number of para-hydroxylation sites is 1. The Morgan fingerprint density at radius 2 is 2.00 bits per heavy atom. The molecule has 144 valence electrons. The summed E-state index contributed by atoms with van der Waals surface area (Å²) in [5.74, 6) is 1.66. The highest BCUT2D eigenvalue weighted by Gasteiger charge is 2.32. The number of carbonyl (C=O) groups excluding carboxylic acids is 1. The zero-order valence-electron chi connectivity index (χ0n) is 16.6. The summed E-state index contributed by atoms with van der Waals surface area (Å²) in [7, 11) is 3.71. The van der Waals surface area contributed by atoms with Crippen LogP contribution in [0.25, 0.3) is 0 Å². The lowest BCUT2D eigenvalue weighted by atomic mass is 10.1. The van der Waals surface area contributed by atoms with Gasteiger partial charge in [0.15, 0.2) is 17.5 Å². The minimum absolute atomic E-state index is 0.131. The molecule has 1 unspecified atom stereocenters. The van der Waals surface area contributed by atoms with Gasteiger partial charge in [-0.2, -0.15) is 0 Å². The Morgan fingerprint density at radius 3 is 2.74 bits per heavy atom. The topological polar surface area (TPSA) is 43.2 Å². The number of carbonyl (C=O) groups is 1. The number of ether oxygens (including phenoxy) is 2. The molecule has 2 atom stereocenters. The molecule has 1 N–H and O–H groups in total. The van der Waals surface area contributed by atoms with Crippen LogP contribution in [0.2, 0.25) is 0 Å². The molecular weight excluding hydrogens is 340 g/mol. The average Bonchev–Trinajstić information content (AvgIpc) is 3.12. The van der Waals surface area contributed by atoms with Gasteiger partial charge in [0.25, 0.3) is 5.91 Å². The number of hydrogen-bond acceptors (Lipinski definition) is 3. The monoisotopic (exact) mass is 369 g/mol. The Hall–Kier alpha value is -2.53. The van der Waals surface area contributed by atoms with Crippen LogP contribution >= 0.6 is 0 Å². The average molecular weight is 369 g/mol. The fourth-order valence-corrected chi connectivity index (χ4v) is 3.58. The van der Waals surface area contributed by atoms with Crippen molar-refractivity contribution in [2.24, 2.45) is 0 Å². The van der Waals surface area contributed by atoms with Gasteiger partial charge in [-0.3, -0.25) is 4.79 Å². The number of fused-ring (bicyclic) bond motifs is 1. The first-order valence-corrected chi connectivity index (χ1v) is 9.56. The summed E-state index contributed by atoms with van der Waals surface area (Å²) in [4.78, 5) is 16.1. The molecule has 0 fully saturated rings. The van der Waals surface area contributed by atoms with Gasteiger partial charge >= 0.3 is 0 Å². The van der Waals surface area contributed by atoms with E-state index in [0.29, 0.717) is 6.61 Å². The van der Waals surface area contributed by atoms with Crippen LogP contribution in [0.5, 0.6) is 11.5 Å². The van der Waals surface area contributed by atoms with Gasteiger partial charge < -0.3 is 19.3 Å². The molecule has 0 bridgehead atoms. The summed E-state index contributed by atoms with van der Waals surface area (Å²) in [5, 5.41) is 0. The molecule has 5 heteroatoms. The number of methoxy groups -OCH3 is 1. The Bertz CT molecular complexity index is 806. The van der Waals surface area contributed by atoms with Crippen molar-refractivity contribution < 1.29 is 19.2 Å². The Kier molecular flexibility index (Phi) is 6.01. The molecule has 0 saturated carbocycles. The van der Waals surface area contributed by atoms with Gasteiger partial charge in [0.1, 0.15) is 6.54 Å². The predicted octanol–water partition coefficient (Wildman–Crippen LogP) is 2.09. The quantitative estimate of drug-likeness (QED) is 0.813. The minimum Gasteiger partial charge on any atom is -0.493 e.